The number of carbonyl (C=O) groups is 2. The van der Waals surface area contributed by atoms with Crippen molar-refractivity contribution in [2.24, 2.45) is 0 Å². The van der Waals surface area contributed by atoms with Crippen molar-refractivity contribution in [2.45, 2.75) is 25.3 Å². The summed E-state index contributed by atoms with van der Waals surface area (Å²) in [6, 6.07) is 15.0. The number of amides is 3. The van der Waals surface area contributed by atoms with Crippen LogP contribution >= 0.6 is 0 Å². The summed E-state index contributed by atoms with van der Waals surface area (Å²) in [5, 5.41) is 6.95. The van der Waals surface area contributed by atoms with Crippen molar-refractivity contribution in [3.63, 3.8) is 0 Å². The van der Waals surface area contributed by atoms with E-state index in [-0.39, 0.29) is 11.9 Å². The number of ether oxygens (including phenoxy) is 1. The summed E-state index contributed by atoms with van der Waals surface area (Å²) >= 11 is 0. The number of aromatic amines is 1. The van der Waals surface area contributed by atoms with E-state index in [1.54, 1.807) is 7.11 Å². The predicted molar refractivity (Wildman–Crippen MR) is 121 cm³/mol. The second-order valence-electron chi connectivity index (χ2n) is 8.19. The molecule has 31 heavy (non-hydrogen) atoms. The molecule has 1 aliphatic rings. The number of hydrogen-bond donors (Lipinski definition) is 3. The lowest BCUT2D eigenvalue weighted by Crippen LogP contribution is -2.53. The minimum absolute atomic E-state index is 0.0228. The maximum atomic E-state index is 13.3. The van der Waals surface area contributed by atoms with Crippen LogP contribution in [0, 0.1) is 6.92 Å². The number of methoxy groups -OCH3 is 1. The number of carbonyl (C=O) groups excluding carboxylic acids is 2. The summed E-state index contributed by atoms with van der Waals surface area (Å²) in [7, 11) is 1.64. The van der Waals surface area contributed by atoms with Crippen molar-refractivity contribution in [3.8, 4) is 0 Å². The SMILES string of the molecule is COCCC1(NC(=O)Nc2cccc(C)c2)CCN(C(=O)c2cccc3[nH]ccc23)C1. The molecule has 2 heterocycles. The predicted octanol–water partition coefficient (Wildman–Crippen LogP) is 3.92. The number of nitrogens with zero attached hydrogens (tertiary/aromatic N) is 1. The fraction of sp³-hybridized carbons (Fsp3) is 0.333. The van der Waals surface area contributed by atoms with Crippen LogP contribution in [0.4, 0.5) is 10.5 Å². The van der Waals surface area contributed by atoms with Crippen LogP contribution in [0.5, 0.6) is 0 Å². The topological polar surface area (TPSA) is 86.5 Å². The van der Waals surface area contributed by atoms with Gasteiger partial charge >= 0.3 is 6.03 Å². The Bertz CT molecular complexity index is 1090. The zero-order chi connectivity index (χ0) is 21.8. The molecular weight excluding hydrogens is 392 g/mol. The van der Waals surface area contributed by atoms with Gasteiger partial charge in [-0.15, -0.1) is 0 Å². The van der Waals surface area contributed by atoms with E-state index in [0.29, 0.717) is 38.1 Å². The summed E-state index contributed by atoms with van der Waals surface area (Å²) in [5.41, 5.74) is 2.88. The zero-order valence-electron chi connectivity index (χ0n) is 17.9. The number of aromatic nitrogens is 1. The normalized spacial score (nSPS) is 18.3. The molecule has 4 rings (SSSR count). The highest BCUT2D eigenvalue weighted by Crippen LogP contribution is 2.28. The quantitative estimate of drug-likeness (QED) is 0.565. The van der Waals surface area contributed by atoms with E-state index >= 15 is 0 Å². The van der Waals surface area contributed by atoms with Crippen molar-refractivity contribution in [1.82, 2.24) is 15.2 Å². The Hall–Kier alpha value is -3.32. The Morgan fingerprint density at radius 2 is 2.03 bits per heavy atom. The highest BCUT2D eigenvalue weighted by Gasteiger charge is 2.41. The average Bonchev–Trinajstić information content (AvgIpc) is 3.39. The van der Waals surface area contributed by atoms with Gasteiger partial charge in [0, 0.05) is 55.2 Å². The molecule has 7 nitrogen and oxygen atoms in total. The third-order valence-electron chi connectivity index (χ3n) is 5.91. The van der Waals surface area contributed by atoms with Gasteiger partial charge in [0.05, 0.1) is 5.54 Å². The molecule has 0 saturated carbocycles. The number of rotatable bonds is 6. The molecule has 0 radical (unpaired) electrons. The fourth-order valence-electron chi connectivity index (χ4n) is 4.28. The lowest BCUT2D eigenvalue weighted by Gasteiger charge is -2.30. The molecular formula is C24H28N4O3. The first-order valence-electron chi connectivity index (χ1n) is 10.5. The molecule has 1 aromatic heterocycles. The minimum atomic E-state index is -0.536. The number of aryl methyl sites for hydroxylation is 1. The Kier molecular flexibility index (Phi) is 5.95. The molecule has 162 valence electrons. The summed E-state index contributed by atoms with van der Waals surface area (Å²) in [4.78, 5) is 31.0. The lowest BCUT2D eigenvalue weighted by atomic mass is 9.94. The Labute approximate surface area is 181 Å². The van der Waals surface area contributed by atoms with Gasteiger partial charge in [-0.3, -0.25) is 4.79 Å². The molecule has 7 heteroatoms. The molecule has 0 bridgehead atoms. The highest BCUT2D eigenvalue weighted by atomic mass is 16.5. The van der Waals surface area contributed by atoms with Crippen LogP contribution in [-0.4, -0.2) is 54.2 Å². The molecule has 2 aromatic carbocycles. The monoisotopic (exact) mass is 420 g/mol. The van der Waals surface area contributed by atoms with Gasteiger partial charge in [-0.25, -0.2) is 4.79 Å². The first-order chi connectivity index (χ1) is 15.0. The number of likely N-dealkylation sites (tertiary alicyclic amines) is 1. The van der Waals surface area contributed by atoms with Gasteiger partial charge in [0.1, 0.15) is 0 Å². The fourth-order valence-corrected chi connectivity index (χ4v) is 4.28. The van der Waals surface area contributed by atoms with Crippen LogP contribution < -0.4 is 10.6 Å². The van der Waals surface area contributed by atoms with Gasteiger partial charge in [0.2, 0.25) is 0 Å². The Balaban J connectivity index is 1.49. The lowest BCUT2D eigenvalue weighted by molar-refractivity contribution is 0.0774. The van der Waals surface area contributed by atoms with Gasteiger partial charge in [-0.05, 0) is 55.7 Å². The summed E-state index contributed by atoms with van der Waals surface area (Å²) in [6.07, 6.45) is 3.14. The third kappa shape index (κ3) is 4.56. The van der Waals surface area contributed by atoms with E-state index in [2.05, 4.69) is 15.6 Å². The van der Waals surface area contributed by atoms with Crippen LogP contribution in [0.15, 0.2) is 54.7 Å². The first kappa shape index (κ1) is 20.9. The van der Waals surface area contributed by atoms with E-state index in [1.165, 1.54) is 0 Å². The molecule has 1 saturated heterocycles. The van der Waals surface area contributed by atoms with Crippen molar-refractivity contribution in [3.05, 3.63) is 65.9 Å². The van der Waals surface area contributed by atoms with E-state index < -0.39 is 5.54 Å². The van der Waals surface area contributed by atoms with Gasteiger partial charge in [-0.2, -0.15) is 0 Å². The number of benzene rings is 2. The van der Waals surface area contributed by atoms with Crippen LogP contribution in [0.1, 0.15) is 28.8 Å². The number of hydrogen-bond acceptors (Lipinski definition) is 3. The average molecular weight is 421 g/mol. The number of nitrogens with one attached hydrogen (secondary N) is 3. The van der Waals surface area contributed by atoms with Crippen molar-refractivity contribution in [1.29, 1.82) is 0 Å². The molecule has 1 aliphatic heterocycles. The number of H-pyrrole nitrogens is 1. The van der Waals surface area contributed by atoms with E-state index in [9.17, 15) is 9.59 Å². The molecule has 3 N–H and O–H groups in total. The van der Waals surface area contributed by atoms with Gasteiger partial charge in [0.25, 0.3) is 5.91 Å². The summed E-state index contributed by atoms with van der Waals surface area (Å²) < 4.78 is 5.29. The van der Waals surface area contributed by atoms with E-state index in [0.717, 1.165) is 22.2 Å². The van der Waals surface area contributed by atoms with Gasteiger partial charge in [0.15, 0.2) is 0 Å². The molecule has 0 aliphatic carbocycles. The highest BCUT2D eigenvalue weighted by molar-refractivity contribution is 6.06. The van der Waals surface area contributed by atoms with E-state index in [1.807, 2.05) is 66.6 Å². The largest absolute Gasteiger partial charge is 0.385 e. The van der Waals surface area contributed by atoms with Crippen LogP contribution in [-0.2, 0) is 4.74 Å². The van der Waals surface area contributed by atoms with Gasteiger partial charge in [-0.1, -0.05) is 18.2 Å². The number of fused-ring (bicyclic) bond motifs is 1. The maximum absolute atomic E-state index is 13.3. The van der Waals surface area contributed by atoms with Crippen molar-refractivity contribution >= 4 is 28.5 Å². The van der Waals surface area contributed by atoms with Gasteiger partial charge < -0.3 is 25.3 Å². The molecule has 1 unspecified atom stereocenters. The Morgan fingerprint density at radius 1 is 1.19 bits per heavy atom. The molecule has 0 spiro atoms. The number of anilines is 1. The van der Waals surface area contributed by atoms with Crippen LogP contribution in [0.25, 0.3) is 10.9 Å². The Morgan fingerprint density at radius 3 is 2.84 bits per heavy atom. The van der Waals surface area contributed by atoms with E-state index in [4.69, 9.17) is 4.74 Å². The third-order valence-corrected chi connectivity index (χ3v) is 5.91. The van der Waals surface area contributed by atoms with Crippen molar-refractivity contribution < 1.29 is 14.3 Å². The first-order valence-corrected chi connectivity index (χ1v) is 10.5. The standard InChI is InChI=1S/C24H28N4O3/c1-17-5-3-6-18(15-17)26-23(30)27-24(11-14-31-2)10-13-28(16-24)22(29)20-7-4-8-21-19(20)9-12-25-21/h3-9,12,15,25H,10-11,13-14,16H2,1-2H3,(H2,26,27,30). The molecule has 1 atom stereocenters. The molecule has 3 aromatic rings. The van der Waals surface area contributed by atoms with Crippen molar-refractivity contribution in [2.75, 3.05) is 32.1 Å². The minimum Gasteiger partial charge on any atom is -0.385 e. The maximum Gasteiger partial charge on any atom is 0.319 e. The second kappa shape index (κ2) is 8.81. The van der Waals surface area contributed by atoms with Crippen LogP contribution in [0.3, 0.4) is 0 Å². The molecule has 1 fully saturated rings. The smallest absolute Gasteiger partial charge is 0.319 e. The number of urea groups is 1. The summed E-state index contributed by atoms with van der Waals surface area (Å²) in [5.74, 6) is -0.0228. The zero-order valence-corrected chi connectivity index (χ0v) is 17.9. The summed E-state index contributed by atoms with van der Waals surface area (Å²) in [6.45, 7) is 3.50. The van der Waals surface area contributed by atoms with Crippen LogP contribution in [0.2, 0.25) is 0 Å². The second-order valence-corrected chi connectivity index (χ2v) is 8.19. The molecule has 3 amide bonds.